The molecule has 0 spiro atoms. The van der Waals surface area contributed by atoms with Gasteiger partial charge in [0.05, 0.1) is 46.1 Å². The number of rotatable bonds is 7. The third-order valence-electron chi connectivity index (χ3n) is 8.81. The van der Waals surface area contributed by atoms with Gasteiger partial charge < -0.3 is 0 Å². The van der Waals surface area contributed by atoms with Crippen LogP contribution in [0, 0.1) is 22.7 Å². The topological polar surface area (TPSA) is 90.1 Å². The molecular weight excluding hydrogens is 613 g/mol. The van der Waals surface area contributed by atoms with Gasteiger partial charge in [-0.3, -0.25) is 4.57 Å². The van der Waals surface area contributed by atoms with E-state index >= 15 is 0 Å². The second-order valence-electron chi connectivity index (χ2n) is 11.9. The van der Waals surface area contributed by atoms with E-state index in [-0.39, 0.29) is 0 Å². The Morgan fingerprint density at radius 2 is 0.860 bits per heavy atom. The summed E-state index contributed by atoms with van der Waals surface area (Å²) in [7, 11) is 0. The van der Waals surface area contributed by atoms with Crippen LogP contribution >= 0.6 is 0 Å². The van der Waals surface area contributed by atoms with E-state index in [9.17, 15) is 10.5 Å². The summed E-state index contributed by atoms with van der Waals surface area (Å²) in [5.74, 6) is -0.760. The maximum absolute atomic E-state index is 9.77. The van der Waals surface area contributed by atoms with E-state index in [0.717, 1.165) is 56.2 Å². The highest BCUT2D eigenvalue weighted by Gasteiger charge is 2.45. The normalized spacial score (nSPS) is 13.2. The minimum absolute atomic E-state index is 0.535. The number of hydrogen-bond donors (Lipinski definition) is 0. The van der Waals surface area contributed by atoms with Crippen LogP contribution in [-0.2, 0) is 5.79 Å². The molecule has 50 heavy (non-hydrogen) atoms. The SMILES string of the molecule is N#Cc1ccc(-c2nc(-c3ccccc3)c(-c3ccccc3)n2C2(c3ccc(C#N)cc3)N=C(c3ccccc3)C(c3ccccc3)=N2)cc1. The van der Waals surface area contributed by atoms with Crippen molar-refractivity contribution < 1.29 is 0 Å². The number of aromatic nitrogens is 2. The van der Waals surface area contributed by atoms with E-state index in [2.05, 4.69) is 65.2 Å². The predicted molar refractivity (Wildman–Crippen MR) is 197 cm³/mol. The third-order valence-corrected chi connectivity index (χ3v) is 8.81. The standard InChI is InChI=1S/C44H28N6/c45-29-31-21-25-37(26-22-31)43-47-41(35-17-9-3-10-18-35)42(36-19-11-4-12-20-36)50(43)44(38-27-23-32(30-46)24-28-38)48-39(33-13-5-1-6-14-33)40(49-44)34-15-7-2-8-16-34/h1-28H. The van der Waals surface area contributed by atoms with Gasteiger partial charge in [-0.25, -0.2) is 15.0 Å². The summed E-state index contributed by atoms with van der Waals surface area (Å²) < 4.78 is 2.13. The highest BCUT2D eigenvalue weighted by atomic mass is 15.4. The zero-order valence-electron chi connectivity index (χ0n) is 26.8. The largest absolute Gasteiger partial charge is 0.275 e. The van der Waals surface area contributed by atoms with Crippen LogP contribution in [0.25, 0.3) is 33.9 Å². The van der Waals surface area contributed by atoms with Crippen molar-refractivity contribution in [3.8, 4) is 46.0 Å². The summed E-state index contributed by atoms with van der Waals surface area (Å²) in [6, 6.07) is 59.9. The number of benzene rings is 6. The Hall–Kier alpha value is -7.15. The zero-order chi connectivity index (χ0) is 33.9. The van der Waals surface area contributed by atoms with Crippen LogP contribution < -0.4 is 0 Å². The molecule has 0 radical (unpaired) electrons. The fourth-order valence-corrected chi connectivity index (χ4v) is 6.43. The minimum Gasteiger partial charge on any atom is -0.275 e. The lowest BCUT2D eigenvalue weighted by molar-refractivity contribution is 0.409. The van der Waals surface area contributed by atoms with E-state index in [1.165, 1.54) is 0 Å². The molecule has 234 valence electrons. The number of nitrogens with zero attached hydrogens (tertiary/aromatic N) is 6. The first-order chi connectivity index (χ1) is 24.7. The van der Waals surface area contributed by atoms with Gasteiger partial charge in [-0.2, -0.15) is 10.5 Å². The predicted octanol–water partition coefficient (Wildman–Crippen LogP) is 9.28. The molecule has 8 rings (SSSR count). The van der Waals surface area contributed by atoms with Crippen LogP contribution in [0.15, 0.2) is 180 Å². The highest BCUT2D eigenvalue weighted by Crippen LogP contribution is 2.46. The van der Waals surface area contributed by atoms with Gasteiger partial charge in [-0.05, 0) is 36.4 Å². The molecule has 7 aromatic rings. The molecule has 0 atom stereocenters. The number of imidazole rings is 1. The van der Waals surface area contributed by atoms with Crippen molar-refractivity contribution in [2.45, 2.75) is 5.79 Å². The highest BCUT2D eigenvalue weighted by molar-refractivity contribution is 6.54. The number of aliphatic imine (C=N–C) groups is 2. The molecule has 0 N–H and O–H groups in total. The van der Waals surface area contributed by atoms with Gasteiger partial charge in [0, 0.05) is 33.4 Å². The maximum atomic E-state index is 9.77. The molecule has 6 heteroatoms. The van der Waals surface area contributed by atoms with Gasteiger partial charge in [-0.15, -0.1) is 0 Å². The summed E-state index contributed by atoms with van der Waals surface area (Å²) in [6.45, 7) is 0. The molecule has 1 aromatic heterocycles. The molecule has 6 nitrogen and oxygen atoms in total. The molecule has 1 aliphatic heterocycles. The monoisotopic (exact) mass is 640 g/mol. The quantitative estimate of drug-likeness (QED) is 0.174. The van der Waals surface area contributed by atoms with Gasteiger partial charge in [-0.1, -0.05) is 133 Å². The van der Waals surface area contributed by atoms with Crippen molar-refractivity contribution in [3.63, 3.8) is 0 Å². The Balaban J connectivity index is 1.56. The lowest BCUT2D eigenvalue weighted by atomic mass is 10.0. The maximum Gasteiger partial charge on any atom is 0.261 e. The summed E-state index contributed by atoms with van der Waals surface area (Å²) in [4.78, 5) is 16.7. The second kappa shape index (κ2) is 12.8. The molecule has 2 heterocycles. The van der Waals surface area contributed by atoms with E-state index in [1.54, 1.807) is 12.1 Å². The van der Waals surface area contributed by atoms with E-state index in [4.69, 9.17) is 15.0 Å². The second-order valence-corrected chi connectivity index (χ2v) is 11.9. The minimum atomic E-state index is -1.39. The van der Waals surface area contributed by atoms with Gasteiger partial charge in [0.25, 0.3) is 5.79 Å². The van der Waals surface area contributed by atoms with Gasteiger partial charge >= 0.3 is 0 Å². The van der Waals surface area contributed by atoms with Crippen LogP contribution in [0.5, 0.6) is 0 Å². The molecule has 0 aliphatic carbocycles. The first-order valence-electron chi connectivity index (χ1n) is 16.2. The van der Waals surface area contributed by atoms with Crippen molar-refractivity contribution in [2.75, 3.05) is 0 Å². The van der Waals surface area contributed by atoms with E-state index in [1.807, 2.05) is 109 Å². The van der Waals surface area contributed by atoms with Crippen molar-refractivity contribution in [2.24, 2.45) is 9.98 Å². The van der Waals surface area contributed by atoms with Gasteiger partial charge in [0.1, 0.15) is 5.82 Å². The molecular formula is C44H28N6. The molecule has 0 saturated carbocycles. The lowest BCUT2D eigenvalue weighted by Gasteiger charge is -2.30. The van der Waals surface area contributed by atoms with Crippen LogP contribution in [0.3, 0.4) is 0 Å². The molecule has 1 aliphatic rings. The van der Waals surface area contributed by atoms with Crippen molar-refractivity contribution >= 4 is 11.4 Å². The molecule has 0 unspecified atom stereocenters. The van der Waals surface area contributed by atoms with Crippen LogP contribution in [0.2, 0.25) is 0 Å². The van der Waals surface area contributed by atoms with Gasteiger partial charge in [0.2, 0.25) is 0 Å². The van der Waals surface area contributed by atoms with Crippen LogP contribution in [-0.4, -0.2) is 21.0 Å². The van der Waals surface area contributed by atoms with E-state index < -0.39 is 5.79 Å². The van der Waals surface area contributed by atoms with Crippen LogP contribution in [0.1, 0.15) is 27.8 Å². The zero-order valence-corrected chi connectivity index (χ0v) is 26.8. The molecule has 0 saturated heterocycles. The fourth-order valence-electron chi connectivity index (χ4n) is 6.43. The number of hydrogen-bond acceptors (Lipinski definition) is 5. The van der Waals surface area contributed by atoms with Gasteiger partial charge in [0.15, 0.2) is 0 Å². The summed E-state index contributed by atoms with van der Waals surface area (Å²) >= 11 is 0. The molecule has 0 amide bonds. The Kier molecular flexibility index (Phi) is 7.73. The van der Waals surface area contributed by atoms with Crippen LogP contribution in [0.4, 0.5) is 0 Å². The molecule has 6 aromatic carbocycles. The Morgan fingerprint density at radius 1 is 0.440 bits per heavy atom. The Bertz CT molecular complexity index is 2390. The fraction of sp³-hybridized carbons (Fsp3) is 0.0227. The molecule has 0 fully saturated rings. The van der Waals surface area contributed by atoms with Crippen molar-refractivity contribution in [3.05, 3.63) is 198 Å². The Morgan fingerprint density at radius 3 is 1.32 bits per heavy atom. The molecule has 0 bridgehead atoms. The lowest BCUT2D eigenvalue weighted by Crippen LogP contribution is -2.31. The summed E-state index contributed by atoms with van der Waals surface area (Å²) in [5.41, 5.74) is 9.45. The van der Waals surface area contributed by atoms with E-state index in [0.29, 0.717) is 17.0 Å². The first kappa shape index (κ1) is 30.2. The number of nitriles is 2. The Labute approximate surface area is 290 Å². The average molecular weight is 641 g/mol. The smallest absolute Gasteiger partial charge is 0.261 e. The summed E-state index contributed by atoms with van der Waals surface area (Å²) in [6.07, 6.45) is 0. The van der Waals surface area contributed by atoms with Crippen molar-refractivity contribution in [1.29, 1.82) is 10.5 Å². The summed E-state index contributed by atoms with van der Waals surface area (Å²) in [5, 5.41) is 19.4. The third kappa shape index (κ3) is 5.28. The van der Waals surface area contributed by atoms with Crippen molar-refractivity contribution in [1.82, 2.24) is 9.55 Å². The first-order valence-corrected chi connectivity index (χ1v) is 16.2. The average Bonchev–Trinajstić information content (AvgIpc) is 3.81.